The zero-order valence-corrected chi connectivity index (χ0v) is 21.4. The second-order valence-corrected chi connectivity index (χ2v) is 10.8. The number of rotatable bonds is 5. The van der Waals surface area contributed by atoms with E-state index in [4.69, 9.17) is 16.3 Å². The monoisotopic (exact) mass is 544 g/mol. The third kappa shape index (κ3) is 5.51. The van der Waals surface area contributed by atoms with Gasteiger partial charge in [0, 0.05) is 46.1 Å². The van der Waals surface area contributed by atoms with Crippen LogP contribution >= 0.6 is 27.5 Å². The number of pyridine rings is 2. The van der Waals surface area contributed by atoms with Crippen LogP contribution < -0.4 is 5.32 Å². The van der Waals surface area contributed by atoms with Gasteiger partial charge in [0.05, 0.1) is 5.69 Å². The number of amides is 1. The van der Waals surface area contributed by atoms with E-state index in [1.54, 1.807) is 18.6 Å². The number of aromatic amines is 1. The van der Waals surface area contributed by atoms with Crippen molar-refractivity contribution in [2.75, 3.05) is 6.54 Å². The van der Waals surface area contributed by atoms with E-state index < -0.39 is 22.7 Å². The number of ether oxygens (including phenoxy) is 1. The topological polar surface area (TPSA) is 100 Å². The van der Waals surface area contributed by atoms with E-state index >= 15 is 0 Å². The van der Waals surface area contributed by atoms with Gasteiger partial charge in [0.1, 0.15) is 22.2 Å². The summed E-state index contributed by atoms with van der Waals surface area (Å²) in [6.07, 6.45) is 10.1. The van der Waals surface area contributed by atoms with E-state index in [9.17, 15) is 9.90 Å². The molecule has 3 N–H and O–H groups in total. The molecule has 178 valence electrons. The molecule has 9 heteroatoms. The molecule has 0 aromatic carbocycles. The number of halogens is 2. The van der Waals surface area contributed by atoms with Crippen LogP contribution in [0, 0.1) is 0 Å². The fourth-order valence-corrected chi connectivity index (χ4v) is 4.26. The number of alkyl halides is 1. The maximum atomic E-state index is 11.9. The predicted molar refractivity (Wildman–Crippen MR) is 136 cm³/mol. The average Bonchev–Trinajstić information content (AvgIpc) is 3.20. The van der Waals surface area contributed by atoms with Crippen LogP contribution in [0.15, 0.2) is 65.1 Å². The number of aliphatic hydroxyl groups excluding tert-OH is 1. The highest BCUT2D eigenvalue weighted by atomic mass is 79.9. The number of H-pyrrole nitrogens is 1. The van der Waals surface area contributed by atoms with Crippen molar-refractivity contribution in [2.45, 2.75) is 43.8 Å². The molecular formula is C25H26BrClN4O3. The highest BCUT2D eigenvalue weighted by Crippen LogP contribution is 2.38. The molecule has 0 bridgehead atoms. The number of hydrogen-bond acceptors (Lipinski definition) is 5. The van der Waals surface area contributed by atoms with Crippen LogP contribution in [0.4, 0.5) is 4.79 Å². The average molecular weight is 546 g/mol. The Kier molecular flexibility index (Phi) is 6.85. The van der Waals surface area contributed by atoms with Crippen molar-refractivity contribution in [2.24, 2.45) is 0 Å². The van der Waals surface area contributed by atoms with Crippen molar-refractivity contribution in [1.29, 1.82) is 0 Å². The van der Waals surface area contributed by atoms with Crippen LogP contribution in [-0.4, -0.2) is 38.3 Å². The quantitative estimate of drug-likeness (QED) is 0.360. The maximum absolute atomic E-state index is 11.9. The highest BCUT2D eigenvalue weighted by molar-refractivity contribution is 9.10. The SMILES string of the molecule is CC(C)(C)OC(=O)NCC1=CCC(Cl)(c2ccc(C(O)c3c[nH]c4ncc(Br)cc34)cn2)C=C1. The Morgan fingerprint density at radius 3 is 2.79 bits per heavy atom. The van der Waals surface area contributed by atoms with E-state index in [1.807, 2.05) is 57.2 Å². The fourth-order valence-electron chi connectivity index (χ4n) is 3.68. The molecule has 3 aromatic heterocycles. The summed E-state index contributed by atoms with van der Waals surface area (Å²) in [7, 11) is 0. The molecule has 3 heterocycles. The third-order valence-electron chi connectivity index (χ3n) is 5.41. The molecular weight excluding hydrogens is 520 g/mol. The molecule has 1 amide bonds. The molecule has 0 saturated carbocycles. The van der Waals surface area contributed by atoms with Crippen molar-refractivity contribution in [3.8, 4) is 0 Å². The van der Waals surface area contributed by atoms with E-state index in [2.05, 4.69) is 36.2 Å². The Labute approximate surface area is 211 Å². The van der Waals surface area contributed by atoms with Crippen LogP contribution in [0.25, 0.3) is 11.0 Å². The summed E-state index contributed by atoms with van der Waals surface area (Å²) in [4.78, 5) is 23.0. The minimum Gasteiger partial charge on any atom is -0.444 e. The van der Waals surface area contributed by atoms with Crippen molar-refractivity contribution in [3.63, 3.8) is 0 Å². The Balaban J connectivity index is 1.42. The summed E-state index contributed by atoms with van der Waals surface area (Å²) < 4.78 is 6.10. The summed E-state index contributed by atoms with van der Waals surface area (Å²) in [6, 6.07) is 5.58. The number of nitrogens with zero attached hydrogens (tertiary/aromatic N) is 2. The molecule has 0 spiro atoms. The Bertz CT molecular complexity index is 1260. The smallest absolute Gasteiger partial charge is 0.407 e. The van der Waals surface area contributed by atoms with Gasteiger partial charge in [0.25, 0.3) is 0 Å². The number of allylic oxidation sites excluding steroid dienone is 2. The normalized spacial score (nSPS) is 19.1. The van der Waals surface area contributed by atoms with Crippen LogP contribution in [0.2, 0.25) is 0 Å². The zero-order valence-electron chi connectivity index (χ0n) is 19.1. The van der Waals surface area contributed by atoms with Gasteiger partial charge in [-0.15, -0.1) is 11.6 Å². The summed E-state index contributed by atoms with van der Waals surface area (Å²) in [5.41, 5.74) is 3.16. The summed E-state index contributed by atoms with van der Waals surface area (Å²) in [6.45, 7) is 5.82. The van der Waals surface area contributed by atoms with E-state index in [0.717, 1.165) is 21.0 Å². The number of nitrogens with one attached hydrogen (secondary N) is 2. The maximum Gasteiger partial charge on any atom is 0.407 e. The molecule has 4 rings (SSSR count). The Morgan fingerprint density at radius 1 is 1.35 bits per heavy atom. The molecule has 0 fully saturated rings. The lowest BCUT2D eigenvalue weighted by Crippen LogP contribution is -2.33. The van der Waals surface area contributed by atoms with Gasteiger partial charge in [0.15, 0.2) is 0 Å². The molecule has 1 aliphatic carbocycles. The first-order chi connectivity index (χ1) is 16.0. The molecule has 0 aliphatic heterocycles. The van der Waals surface area contributed by atoms with Gasteiger partial charge in [-0.1, -0.05) is 24.3 Å². The number of hydrogen-bond donors (Lipinski definition) is 3. The lowest BCUT2D eigenvalue weighted by molar-refractivity contribution is 0.0533. The first-order valence-corrected chi connectivity index (χ1v) is 12.0. The van der Waals surface area contributed by atoms with E-state index in [0.29, 0.717) is 29.9 Å². The molecule has 0 radical (unpaired) electrons. The number of carbonyl (C=O) groups excluding carboxylic acids is 1. The van der Waals surface area contributed by atoms with Gasteiger partial charge in [-0.3, -0.25) is 4.98 Å². The largest absolute Gasteiger partial charge is 0.444 e. The van der Waals surface area contributed by atoms with Crippen LogP contribution in [0.5, 0.6) is 0 Å². The van der Waals surface area contributed by atoms with E-state index in [-0.39, 0.29) is 0 Å². The van der Waals surface area contributed by atoms with Crippen molar-refractivity contribution in [3.05, 3.63) is 81.9 Å². The van der Waals surface area contributed by atoms with Gasteiger partial charge < -0.3 is 20.1 Å². The fraction of sp³-hybridized carbons (Fsp3) is 0.320. The number of alkyl carbamates (subject to hydrolysis) is 1. The molecule has 2 unspecified atom stereocenters. The van der Waals surface area contributed by atoms with Crippen molar-refractivity contribution < 1.29 is 14.6 Å². The molecule has 0 saturated heterocycles. The molecule has 7 nitrogen and oxygen atoms in total. The van der Waals surface area contributed by atoms with Gasteiger partial charge in [-0.25, -0.2) is 9.78 Å². The number of carbonyl (C=O) groups is 1. The minimum atomic E-state index is -0.856. The lowest BCUT2D eigenvalue weighted by Gasteiger charge is -2.26. The third-order valence-corrected chi connectivity index (χ3v) is 6.32. The van der Waals surface area contributed by atoms with Crippen LogP contribution in [-0.2, 0) is 9.61 Å². The Hall–Kier alpha value is -2.68. The Morgan fingerprint density at radius 2 is 2.15 bits per heavy atom. The standard InChI is InChI=1S/C25H26BrClN4O3/c1-24(2,3)34-23(33)31-11-15-6-8-25(27,9-7-15)20-5-4-16(12-28-20)21(32)19-14-30-22-18(19)10-17(26)13-29-22/h4-8,10,12-14,21,32H,9,11H2,1-3H3,(H,29,30)(H,31,33). The van der Waals surface area contributed by atoms with Gasteiger partial charge >= 0.3 is 6.09 Å². The molecule has 34 heavy (non-hydrogen) atoms. The second kappa shape index (κ2) is 9.52. The minimum absolute atomic E-state index is 0.354. The second-order valence-electron chi connectivity index (χ2n) is 9.21. The number of fused-ring (bicyclic) bond motifs is 1. The van der Waals surface area contributed by atoms with Crippen LogP contribution in [0.3, 0.4) is 0 Å². The lowest BCUT2D eigenvalue weighted by atomic mass is 9.91. The number of aromatic nitrogens is 3. The molecule has 2 atom stereocenters. The summed E-state index contributed by atoms with van der Waals surface area (Å²) in [5.74, 6) is 0. The number of aliphatic hydroxyl groups is 1. The predicted octanol–water partition coefficient (Wildman–Crippen LogP) is 5.65. The highest BCUT2D eigenvalue weighted by Gasteiger charge is 2.30. The summed E-state index contributed by atoms with van der Waals surface area (Å²) >= 11 is 10.3. The van der Waals surface area contributed by atoms with Crippen molar-refractivity contribution in [1.82, 2.24) is 20.3 Å². The summed E-state index contributed by atoms with van der Waals surface area (Å²) in [5, 5.41) is 14.5. The first kappa shape index (κ1) is 24.4. The van der Waals surface area contributed by atoms with Gasteiger partial charge in [0.2, 0.25) is 0 Å². The van der Waals surface area contributed by atoms with Gasteiger partial charge in [-0.05, 0) is 60.8 Å². The van der Waals surface area contributed by atoms with E-state index in [1.165, 1.54) is 0 Å². The first-order valence-electron chi connectivity index (χ1n) is 10.9. The molecule has 3 aromatic rings. The van der Waals surface area contributed by atoms with Gasteiger partial charge in [-0.2, -0.15) is 0 Å². The molecule has 1 aliphatic rings. The van der Waals surface area contributed by atoms with Crippen LogP contribution in [0.1, 0.15) is 50.1 Å². The van der Waals surface area contributed by atoms with Crippen molar-refractivity contribution >= 4 is 44.7 Å². The zero-order chi connectivity index (χ0) is 24.5.